The number of hydrogen-bond acceptors (Lipinski definition) is 2. The maximum atomic E-state index is 3.62. The van der Waals surface area contributed by atoms with Gasteiger partial charge in [-0.1, -0.05) is 34.1 Å². The van der Waals surface area contributed by atoms with Crippen molar-refractivity contribution in [2.75, 3.05) is 13.1 Å². The fourth-order valence-corrected chi connectivity index (χ4v) is 2.19. The summed E-state index contributed by atoms with van der Waals surface area (Å²) in [5.74, 6) is 0. The van der Waals surface area contributed by atoms with Gasteiger partial charge in [-0.25, -0.2) is 0 Å². The van der Waals surface area contributed by atoms with Gasteiger partial charge in [0.15, 0.2) is 0 Å². The first-order valence-corrected chi connectivity index (χ1v) is 7.75. The zero-order valence-corrected chi connectivity index (χ0v) is 12.5. The van der Waals surface area contributed by atoms with E-state index < -0.39 is 0 Å². The molecule has 2 N–H and O–H groups in total. The van der Waals surface area contributed by atoms with Crippen LogP contribution in [0, 0.1) is 0 Å². The van der Waals surface area contributed by atoms with Crippen LogP contribution in [0.4, 0.5) is 0 Å². The molecule has 2 nitrogen and oxygen atoms in total. The van der Waals surface area contributed by atoms with Crippen LogP contribution >= 0.6 is 0 Å². The molecule has 0 aliphatic carbocycles. The van der Waals surface area contributed by atoms with Crippen molar-refractivity contribution < 1.29 is 0 Å². The zero-order valence-electron chi connectivity index (χ0n) is 12.5. The van der Waals surface area contributed by atoms with Gasteiger partial charge in [-0.2, -0.15) is 0 Å². The van der Waals surface area contributed by atoms with E-state index in [4.69, 9.17) is 0 Å². The molecule has 0 spiro atoms. The molecule has 0 bridgehead atoms. The SMILES string of the molecule is CCC(CC)NCCCCCNC(CC)CC. The molecule has 0 aliphatic rings. The zero-order chi connectivity index (χ0) is 12.9. The van der Waals surface area contributed by atoms with Gasteiger partial charge < -0.3 is 10.6 Å². The van der Waals surface area contributed by atoms with Crippen LogP contribution < -0.4 is 10.6 Å². The topological polar surface area (TPSA) is 24.1 Å². The Kier molecular flexibility index (Phi) is 12.3. The van der Waals surface area contributed by atoms with Crippen LogP contribution in [0.15, 0.2) is 0 Å². The highest BCUT2D eigenvalue weighted by molar-refractivity contribution is 4.64. The Hall–Kier alpha value is -0.0800. The number of hydrogen-bond donors (Lipinski definition) is 2. The predicted octanol–water partition coefficient (Wildman–Crippen LogP) is 3.71. The summed E-state index contributed by atoms with van der Waals surface area (Å²) in [6, 6.07) is 1.47. The van der Waals surface area contributed by atoms with Crippen LogP contribution in [-0.4, -0.2) is 25.2 Å². The van der Waals surface area contributed by atoms with Gasteiger partial charge in [0.05, 0.1) is 0 Å². The van der Waals surface area contributed by atoms with Crippen LogP contribution in [0.5, 0.6) is 0 Å². The largest absolute Gasteiger partial charge is 0.314 e. The highest BCUT2D eigenvalue weighted by atomic mass is 14.9. The summed E-state index contributed by atoms with van der Waals surface area (Å²) in [5.41, 5.74) is 0. The van der Waals surface area contributed by atoms with Crippen LogP contribution in [0.25, 0.3) is 0 Å². The summed E-state index contributed by atoms with van der Waals surface area (Å²) >= 11 is 0. The monoisotopic (exact) mass is 242 g/mol. The summed E-state index contributed by atoms with van der Waals surface area (Å²) in [5, 5.41) is 7.24. The van der Waals surface area contributed by atoms with Gasteiger partial charge in [-0.3, -0.25) is 0 Å². The van der Waals surface area contributed by atoms with Crippen LogP contribution in [0.1, 0.15) is 72.6 Å². The molecule has 0 fully saturated rings. The quantitative estimate of drug-likeness (QED) is 0.510. The fourth-order valence-electron chi connectivity index (χ4n) is 2.19. The Morgan fingerprint density at radius 2 is 0.941 bits per heavy atom. The Morgan fingerprint density at radius 1 is 0.588 bits per heavy atom. The van der Waals surface area contributed by atoms with Gasteiger partial charge in [0.1, 0.15) is 0 Å². The second-order valence-corrected chi connectivity index (χ2v) is 5.00. The van der Waals surface area contributed by atoms with Crippen molar-refractivity contribution in [1.29, 1.82) is 0 Å². The normalized spacial score (nSPS) is 11.6. The molecule has 0 saturated heterocycles. The van der Waals surface area contributed by atoms with Crippen molar-refractivity contribution in [3.05, 3.63) is 0 Å². The maximum Gasteiger partial charge on any atom is 0.00618 e. The molecule has 0 unspecified atom stereocenters. The van der Waals surface area contributed by atoms with Crippen molar-refractivity contribution in [2.45, 2.75) is 84.7 Å². The van der Waals surface area contributed by atoms with Crippen molar-refractivity contribution in [3.63, 3.8) is 0 Å². The van der Waals surface area contributed by atoms with E-state index in [1.54, 1.807) is 0 Å². The molecule has 0 amide bonds. The summed E-state index contributed by atoms with van der Waals surface area (Å²) in [6.07, 6.45) is 9.02. The summed E-state index contributed by atoms with van der Waals surface area (Å²) in [4.78, 5) is 0. The second kappa shape index (κ2) is 12.4. The molecule has 0 aromatic heterocycles. The second-order valence-electron chi connectivity index (χ2n) is 5.00. The van der Waals surface area contributed by atoms with Crippen molar-refractivity contribution >= 4 is 0 Å². The third-order valence-electron chi connectivity index (χ3n) is 3.69. The van der Waals surface area contributed by atoms with E-state index in [-0.39, 0.29) is 0 Å². The fraction of sp³-hybridized carbons (Fsp3) is 1.00. The van der Waals surface area contributed by atoms with E-state index in [0.29, 0.717) is 0 Å². The lowest BCUT2D eigenvalue weighted by Gasteiger charge is -2.15. The average Bonchev–Trinajstić information content (AvgIpc) is 2.37. The maximum absolute atomic E-state index is 3.62. The minimum Gasteiger partial charge on any atom is -0.314 e. The first-order valence-electron chi connectivity index (χ1n) is 7.75. The molecule has 0 aromatic carbocycles. The highest BCUT2D eigenvalue weighted by Gasteiger charge is 2.02. The van der Waals surface area contributed by atoms with Gasteiger partial charge in [-0.05, 0) is 51.6 Å². The lowest BCUT2D eigenvalue weighted by atomic mass is 10.1. The Labute approximate surface area is 109 Å². The van der Waals surface area contributed by atoms with Crippen molar-refractivity contribution in [3.8, 4) is 0 Å². The molecule has 17 heavy (non-hydrogen) atoms. The molecular weight excluding hydrogens is 208 g/mol. The van der Waals surface area contributed by atoms with E-state index in [2.05, 4.69) is 38.3 Å². The van der Waals surface area contributed by atoms with Crippen molar-refractivity contribution in [2.24, 2.45) is 0 Å². The molecule has 2 heteroatoms. The minimum absolute atomic E-state index is 0.734. The van der Waals surface area contributed by atoms with E-state index in [0.717, 1.165) is 12.1 Å². The molecule has 104 valence electrons. The highest BCUT2D eigenvalue weighted by Crippen LogP contribution is 2.00. The Balaban J connectivity index is 3.23. The number of nitrogens with one attached hydrogen (secondary N) is 2. The number of unbranched alkanes of at least 4 members (excludes halogenated alkanes) is 2. The average molecular weight is 242 g/mol. The smallest absolute Gasteiger partial charge is 0.00618 e. The van der Waals surface area contributed by atoms with Crippen LogP contribution in [0.3, 0.4) is 0 Å². The van der Waals surface area contributed by atoms with E-state index in [1.165, 1.54) is 58.0 Å². The first-order chi connectivity index (χ1) is 8.28. The minimum atomic E-state index is 0.734. The number of rotatable bonds is 12. The molecular formula is C15H34N2. The van der Waals surface area contributed by atoms with E-state index in [9.17, 15) is 0 Å². The Bertz CT molecular complexity index is 124. The lowest BCUT2D eigenvalue weighted by Crippen LogP contribution is -2.29. The summed E-state index contributed by atoms with van der Waals surface area (Å²) < 4.78 is 0. The van der Waals surface area contributed by atoms with Crippen molar-refractivity contribution in [1.82, 2.24) is 10.6 Å². The van der Waals surface area contributed by atoms with E-state index >= 15 is 0 Å². The molecule has 0 heterocycles. The van der Waals surface area contributed by atoms with Crippen LogP contribution in [0.2, 0.25) is 0 Å². The standard InChI is InChI=1S/C15H34N2/c1-5-14(6-2)16-12-10-9-11-13-17-15(7-3)8-4/h14-17H,5-13H2,1-4H3. The Morgan fingerprint density at radius 3 is 1.24 bits per heavy atom. The van der Waals surface area contributed by atoms with Gasteiger partial charge in [0.2, 0.25) is 0 Å². The molecule has 0 saturated carbocycles. The van der Waals surface area contributed by atoms with Gasteiger partial charge in [0.25, 0.3) is 0 Å². The van der Waals surface area contributed by atoms with Crippen LogP contribution in [-0.2, 0) is 0 Å². The molecule has 0 aliphatic heterocycles. The molecule has 0 rings (SSSR count). The third-order valence-corrected chi connectivity index (χ3v) is 3.69. The van der Waals surface area contributed by atoms with Gasteiger partial charge in [0, 0.05) is 12.1 Å². The van der Waals surface area contributed by atoms with Gasteiger partial charge >= 0.3 is 0 Å². The summed E-state index contributed by atoms with van der Waals surface area (Å²) in [7, 11) is 0. The first kappa shape index (κ1) is 16.9. The van der Waals surface area contributed by atoms with Gasteiger partial charge in [-0.15, -0.1) is 0 Å². The lowest BCUT2D eigenvalue weighted by molar-refractivity contribution is 0.451. The predicted molar refractivity (Wildman–Crippen MR) is 78.6 cm³/mol. The molecule has 0 radical (unpaired) electrons. The summed E-state index contributed by atoms with van der Waals surface area (Å²) in [6.45, 7) is 11.4. The van der Waals surface area contributed by atoms with E-state index in [1.807, 2.05) is 0 Å². The molecule has 0 aromatic rings. The molecule has 0 atom stereocenters. The third kappa shape index (κ3) is 9.61.